The lowest BCUT2D eigenvalue weighted by Gasteiger charge is -2.33. The maximum absolute atomic E-state index is 12.4. The third kappa shape index (κ3) is 3.02. The minimum absolute atomic E-state index is 0.189. The second-order valence-corrected chi connectivity index (χ2v) is 6.81. The average molecular weight is 303 g/mol. The third-order valence-electron chi connectivity index (χ3n) is 5.08. The molecule has 1 aromatic rings. The summed E-state index contributed by atoms with van der Waals surface area (Å²) < 4.78 is 0. The van der Waals surface area contributed by atoms with Crippen molar-refractivity contribution in [3.8, 4) is 0 Å². The fourth-order valence-electron chi connectivity index (χ4n) is 3.30. The molecule has 2 aliphatic rings. The van der Waals surface area contributed by atoms with Gasteiger partial charge in [-0.2, -0.15) is 0 Å². The molecule has 1 aromatic carbocycles. The van der Waals surface area contributed by atoms with E-state index in [0.717, 1.165) is 37.7 Å². The van der Waals surface area contributed by atoms with Crippen LogP contribution in [0.4, 0.5) is 0 Å². The monoisotopic (exact) mass is 303 g/mol. The van der Waals surface area contributed by atoms with Gasteiger partial charge in [0.05, 0.1) is 12.1 Å². The SMILES string of the molecule is CN1CCN(CC(=O)N(O)[C@@]2(C)C[C@H]2c2ccccc2)CC1. The van der Waals surface area contributed by atoms with Gasteiger partial charge in [-0.15, -0.1) is 0 Å². The van der Waals surface area contributed by atoms with Crippen LogP contribution in [0, 0.1) is 0 Å². The van der Waals surface area contributed by atoms with Crippen molar-refractivity contribution in [2.24, 2.45) is 0 Å². The molecule has 1 N–H and O–H groups in total. The molecule has 0 bridgehead atoms. The van der Waals surface area contributed by atoms with Crippen molar-refractivity contribution in [1.82, 2.24) is 14.9 Å². The Kier molecular flexibility index (Phi) is 4.21. The molecule has 2 atom stereocenters. The van der Waals surface area contributed by atoms with Gasteiger partial charge in [0.1, 0.15) is 0 Å². The molecule has 1 aliphatic heterocycles. The third-order valence-corrected chi connectivity index (χ3v) is 5.08. The van der Waals surface area contributed by atoms with Gasteiger partial charge in [0.2, 0.25) is 0 Å². The van der Waals surface area contributed by atoms with Crippen LogP contribution >= 0.6 is 0 Å². The van der Waals surface area contributed by atoms with E-state index in [1.807, 2.05) is 25.1 Å². The Bertz CT molecular complexity index is 528. The summed E-state index contributed by atoms with van der Waals surface area (Å²) in [7, 11) is 2.09. The van der Waals surface area contributed by atoms with Crippen LogP contribution in [-0.2, 0) is 4.79 Å². The smallest absolute Gasteiger partial charge is 0.260 e. The summed E-state index contributed by atoms with van der Waals surface area (Å²) in [5.41, 5.74) is 0.738. The molecule has 0 aromatic heterocycles. The molecular formula is C17H25N3O2. The first-order chi connectivity index (χ1) is 10.5. The molecule has 0 spiro atoms. The highest BCUT2D eigenvalue weighted by Crippen LogP contribution is 2.54. The highest BCUT2D eigenvalue weighted by atomic mass is 16.5. The number of nitrogens with zero attached hydrogens (tertiary/aromatic N) is 3. The maximum atomic E-state index is 12.4. The van der Waals surface area contributed by atoms with Crippen LogP contribution in [-0.4, -0.2) is 71.3 Å². The van der Waals surface area contributed by atoms with Crippen LogP contribution < -0.4 is 0 Å². The van der Waals surface area contributed by atoms with Crippen LogP contribution in [0.1, 0.15) is 24.8 Å². The number of hydroxylamine groups is 2. The molecule has 1 amide bonds. The van der Waals surface area contributed by atoms with Crippen LogP contribution in [0.2, 0.25) is 0 Å². The number of hydrogen-bond donors (Lipinski definition) is 1. The van der Waals surface area contributed by atoms with Crippen molar-refractivity contribution >= 4 is 5.91 Å². The van der Waals surface area contributed by atoms with E-state index in [9.17, 15) is 10.0 Å². The molecule has 5 nitrogen and oxygen atoms in total. The summed E-state index contributed by atoms with van der Waals surface area (Å²) >= 11 is 0. The van der Waals surface area contributed by atoms with E-state index in [1.54, 1.807) is 0 Å². The topological polar surface area (TPSA) is 47.0 Å². The molecule has 22 heavy (non-hydrogen) atoms. The summed E-state index contributed by atoms with van der Waals surface area (Å²) in [4.78, 5) is 16.8. The maximum Gasteiger partial charge on any atom is 0.260 e. The molecular weight excluding hydrogens is 278 g/mol. The summed E-state index contributed by atoms with van der Waals surface area (Å²) in [6.45, 7) is 5.99. The first-order valence-corrected chi connectivity index (χ1v) is 7.98. The van der Waals surface area contributed by atoms with Crippen molar-refractivity contribution in [3.63, 3.8) is 0 Å². The Hall–Kier alpha value is -1.43. The molecule has 1 saturated carbocycles. The molecule has 1 saturated heterocycles. The summed E-state index contributed by atoms with van der Waals surface area (Å²) in [6.07, 6.45) is 0.821. The largest absolute Gasteiger partial charge is 0.304 e. The number of rotatable bonds is 4. The summed E-state index contributed by atoms with van der Waals surface area (Å²) in [5.74, 6) is 0.0422. The highest BCUT2D eigenvalue weighted by Gasteiger charge is 2.57. The van der Waals surface area contributed by atoms with Gasteiger partial charge in [0.15, 0.2) is 0 Å². The number of amides is 1. The van der Waals surface area contributed by atoms with Gasteiger partial charge in [-0.25, -0.2) is 5.06 Å². The summed E-state index contributed by atoms with van der Waals surface area (Å²) in [5, 5.41) is 11.4. The molecule has 1 heterocycles. The minimum atomic E-state index is -0.453. The zero-order valence-corrected chi connectivity index (χ0v) is 13.4. The lowest BCUT2D eigenvalue weighted by molar-refractivity contribution is -0.180. The number of carbonyl (C=O) groups is 1. The van der Waals surface area contributed by atoms with Crippen molar-refractivity contribution in [2.45, 2.75) is 24.8 Å². The molecule has 0 unspecified atom stereocenters. The van der Waals surface area contributed by atoms with E-state index in [-0.39, 0.29) is 11.8 Å². The Balaban J connectivity index is 1.57. The first kappa shape index (κ1) is 15.5. The average Bonchev–Trinajstić information content (AvgIpc) is 3.23. The first-order valence-electron chi connectivity index (χ1n) is 7.98. The van der Waals surface area contributed by atoms with Crippen molar-refractivity contribution in [3.05, 3.63) is 35.9 Å². The van der Waals surface area contributed by atoms with Crippen molar-refractivity contribution in [1.29, 1.82) is 0 Å². The van der Waals surface area contributed by atoms with Crippen molar-refractivity contribution < 1.29 is 10.0 Å². The lowest BCUT2D eigenvalue weighted by Crippen LogP contribution is -2.50. The Morgan fingerprint density at radius 3 is 2.55 bits per heavy atom. The van der Waals surface area contributed by atoms with Crippen LogP contribution in [0.15, 0.2) is 30.3 Å². The number of carbonyl (C=O) groups excluding carboxylic acids is 1. The fourth-order valence-corrected chi connectivity index (χ4v) is 3.30. The van der Waals surface area contributed by atoms with Gasteiger partial charge in [0.25, 0.3) is 5.91 Å². The van der Waals surface area contributed by atoms with Crippen molar-refractivity contribution in [2.75, 3.05) is 39.8 Å². The molecule has 120 valence electrons. The predicted molar refractivity (Wildman–Crippen MR) is 84.8 cm³/mol. The second-order valence-electron chi connectivity index (χ2n) is 6.81. The van der Waals surface area contributed by atoms with Crippen LogP contribution in [0.3, 0.4) is 0 Å². The zero-order valence-electron chi connectivity index (χ0n) is 13.4. The van der Waals surface area contributed by atoms with Gasteiger partial charge in [-0.1, -0.05) is 30.3 Å². The number of hydrogen-bond acceptors (Lipinski definition) is 4. The number of benzene rings is 1. The molecule has 2 fully saturated rings. The van der Waals surface area contributed by atoms with E-state index >= 15 is 0 Å². The standard InChI is InChI=1S/C17H25N3O2/c1-17(12-15(17)14-6-4-3-5-7-14)20(22)16(21)13-19-10-8-18(2)9-11-19/h3-7,15,22H,8-13H2,1-2H3/t15-,17-/m0/s1. The number of likely N-dealkylation sites (N-methyl/N-ethyl adjacent to an activating group) is 1. The van der Waals surface area contributed by atoms with E-state index in [2.05, 4.69) is 29.0 Å². The Labute approximate surface area is 132 Å². The minimum Gasteiger partial charge on any atom is -0.304 e. The molecule has 3 rings (SSSR count). The lowest BCUT2D eigenvalue weighted by atomic mass is 10.1. The van der Waals surface area contributed by atoms with Gasteiger partial charge >= 0.3 is 0 Å². The van der Waals surface area contributed by atoms with E-state index in [4.69, 9.17) is 0 Å². The summed E-state index contributed by atoms with van der Waals surface area (Å²) in [6, 6.07) is 10.1. The van der Waals surface area contributed by atoms with Crippen LogP contribution in [0.5, 0.6) is 0 Å². The molecule has 5 heteroatoms. The van der Waals surface area contributed by atoms with E-state index < -0.39 is 5.54 Å². The molecule has 1 aliphatic carbocycles. The normalized spacial score (nSPS) is 29.3. The van der Waals surface area contributed by atoms with Gasteiger partial charge in [0, 0.05) is 32.1 Å². The fraction of sp³-hybridized carbons (Fsp3) is 0.588. The van der Waals surface area contributed by atoms with Crippen LogP contribution in [0.25, 0.3) is 0 Å². The van der Waals surface area contributed by atoms with E-state index in [1.165, 1.54) is 5.56 Å². The number of piperazine rings is 1. The van der Waals surface area contributed by atoms with Gasteiger partial charge in [-0.05, 0) is 26.0 Å². The highest BCUT2D eigenvalue weighted by molar-refractivity contribution is 5.78. The Morgan fingerprint density at radius 1 is 1.27 bits per heavy atom. The second kappa shape index (κ2) is 5.99. The van der Waals surface area contributed by atoms with Gasteiger partial charge < -0.3 is 4.90 Å². The Morgan fingerprint density at radius 2 is 1.91 bits per heavy atom. The zero-order chi connectivity index (χ0) is 15.7. The van der Waals surface area contributed by atoms with Gasteiger partial charge in [-0.3, -0.25) is 14.9 Å². The quantitative estimate of drug-likeness (QED) is 0.675. The van der Waals surface area contributed by atoms with E-state index in [0.29, 0.717) is 6.54 Å². The molecule has 0 radical (unpaired) electrons. The predicted octanol–water partition coefficient (Wildman–Crippen LogP) is 1.40.